The number of likely N-dealkylation sites (N-methyl/N-ethyl adjacent to an activating group) is 1. The molecule has 1 heterocycles. The molecule has 26 heavy (non-hydrogen) atoms. The Morgan fingerprint density at radius 3 is 2.50 bits per heavy atom. The van der Waals surface area contributed by atoms with Crippen LogP contribution in [-0.2, 0) is 4.79 Å². The monoisotopic (exact) mass is 387 g/mol. The van der Waals surface area contributed by atoms with E-state index in [0.29, 0.717) is 0 Å². The number of alkyl halides is 2. The van der Waals surface area contributed by atoms with Crippen LogP contribution in [0.3, 0.4) is 0 Å². The molecule has 0 aliphatic heterocycles. The first-order valence-electron chi connectivity index (χ1n) is 7.20. The third-order valence-corrected chi connectivity index (χ3v) is 4.00. The summed E-state index contributed by atoms with van der Waals surface area (Å²) in [6.07, 6.45) is 1.24. The van der Waals surface area contributed by atoms with Crippen LogP contribution in [0, 0.1) is 11.6 Å². The fraction of sp³-hybridized carbons (Fsp3) is 0.188. The number of carbonyl (C=O) groups excluding carboxylic acids is 2. The van der Waals surface area contributed by atoms with E-state index < -0.39 is 35.2 Å². The molecule has 5 nitrogen and oxygen atoms in total. The number of aromatic nitrogens is 1. The van der Waals surface area contributed by atoms with Gasteiger partial charge in [0, 0.05) is 13.2 Å². The van der Waals surface area contributed by atoms with Crippen molar-refractivity contribution in [2.45, 2.75) is 16.8 Å². The first-order valence-corrected chi connectivity index (χ1v) is 8.08. The Kier molecular flexibility index (Phi) is 6.56. The highest BCUT2D eigenvalue weighted by molar-refractivity contribution is 7.99. The zero-order valence-electron chi connectivity index (χ0n) is 13.3. The van der Waals surface area contributed by atoms with E-state index in [1.54, 1.807) is 0 Å². The predicted octanol–water partition coefficient (Wildman–Crippen LogP) is 2.89. The molecule has 1 aromatic heterocycles. The summed E-state index contributed by atoms with van der Waals surface area (Å²) in [5, 5.41) is 4.39. The molecule has 2 aromatic rings. The lowest BCUT2D eigenvalue weighted by Gasteiger charge is -2.18. The summed E-state index contributed by atoms with van der Waals surface area (Å²) in [5.41, 5.74) is -0.183. The number of carbonyl (C=O) groups is 2. The van der Waals surface area contributed by atoms with Crippen LogP contribution in [0.4, 0.5) is 17.6 Å². The van der Waals surface area contributed by atoms with Crippen molar-refractivity contribution in [1.29, 1.82) is 0 Å². The molecule has 0 fully saturated rings. The molecule has 1 aromatic carbocycles. The number of nitrogens with one attached hydrogen (secondary N) is 2. The van der Waals surface area contributed by atoms with Crippen molar-refractivity contribution in [3.8, 4) is 0 Å². The molecule has 0 spiro atoms. The highest BCUT2D eigenvalue weighted by Crippen LogP contribution is 2.27. The molecule has 138 valence electrons. The molecule has 0 bridgehead atoms. The predicted molar refractivity (Wildman–Crippen MR) is 86.7 cm³/mol. The largest absolute Gasteiger partial charge is 0.357 e. The SMILES string of the molecule is CNC(=O)C(NC(=O)c1cccnc1SC(F)F)c1ccc(F)c(F)c1. The Labute approximate surface area is 150 Å². The Bertz CT molecular complexity index is 820. The van der Waals surface area contributed by atoms with E-state index in [9.17, 15) is 27.2 Å². The first kappa shape index (κ1) is 19.7. The molecule has 0 aliphatic rings. The average molecular weight is 387 g/mol. The molecule has 1 unspecified atom stereocenters. The number of hydrogen-bond acceptors (Lipinski definition) is 4. The molecule has 2 amide bonds. The molecule has 1 atom stereocenters. The molecule has 0 saturated carbocycles. The van der Waals surface area contributed by atoms with Crippen molar-refractivity contribution in [3.63, 3.8) is 0 Å². The first-order chi connectivity index (χ1) is 12.3. The van der Waals surface area contributed by atoms with Crippen LogP contribution in [0.15, 0.2) is 41.6 Å². The molecular weight excluding hydrogens is 374 g/mol. The second kappa shape index (κ2) is 8.65. The van der Waals surface area contributed by atoms with Gasteiger partial charge in [-0.1, -0.05) is 6.07 Å². The van der Waals surface area contributed by atoms with Gasteiger partial charge in [0.05, 0.1) is 5.56 Å². The number of pyridine rings is 1. The number of rotatable bonds is 6. The van der Waals surface area contributed by atoms with Crippen molar-refractivity contribution in [2.24, 2.45) is 0 Å². The summed E-state index contributed by atoms with van der Waals surface area (Å²) in [5.74, 6) is -6.66. The Balaban J connectivity index is 2.33. The summed E-state index contributed by atoms with van der Waals surface area (Å²) in [6, 6.07) is 4.00. The normalized spacial score (nSPS) is 11.9. The molecule has 2 rings (SSSR count). The Hall–Kier alpha value is -2.62. The van der Waals surface area contributed by atoms with Gasteiger partial charge in [0.2, 0.25) is 5.91 Å². The summed E-state index contributed by atoms with van der Waals surface area (Å²) in [6.45, 7) is 0. The zero-order chi connectivity index (χ0) is 19.3. The van der Waals surface area contributed by atoms with Gasteiger partial charge in [-0.25, -0.2) is 13.8 Å². The van der Waals surface area contributed by atoms with Crippen LogP contribution in [0.1, 0.15) is 22.0 Å². The molecule has 0 aliphatic carbocycles. The number of thioether (sulfide) groups is 1. The van der Waals surface area contributed by atoms with E-state index in [4.69, 9.17) is 0 Å². The van der Waals surface area contributed by atoms with Crippen molar-refractivity contribution in [3.05, 3.63) is 59.3 Å². The van der Waals surface area contributed by atoms with E-state index in [1.807, 2.05) is 0 Å². The molecular formula is C16H13F4N3O2S. The van der Waals surface area contributed by atoms with Crippen LogP contribution in [-0.4, -0.2) is 29.6 Å². The summed E-state index contributed by atoms with van der Waals surface area (Å²) in [7, 11) is 1.30. The maximum absolute atomic E-state index is 13.5. The van der Waals surface area contributed by atoms with Crippen molar-refractivity contribution in [2.75, 3.05) is 7.05 Å². The summed E-state index contributed by atoms with van der Waals surface area (Å²) < 4.78 is 51.8. The zero-order valence-corrected chi connectivity index (χ0v) is 14.1. The highest BCUT2D eigenvalue weighted by Gasteiger charge is 2.25. The minimum absolute atomic E-state index is 0.0106. The van der Waals surface area contributed by atoms with Crippen molar-refractivity contribution >= 4 is 23.6 Å². The van der Waals surface area contributed by atoms with Crippen LogP contribution >= 0.6 is 11.8 Å². The van der Waals surface area contributed by atoms with Crippen molar-refractivity contribution in [1.82, 2.24) is 15.6 Å². The van der Waals surface area contributed by atoms with Crippen LogP contribution < -0.4 is 10.6 Å². The summed E-state index contributed by atoms with van der Waals surface area (Å²) >= 11 is 0.0794. The number of benzene rings is 1. The Morgan fingerprint density at radius 2 is 1.88 bits per heavy atom. The lowest BCUT2D eigenvalue weighted by molar-refractivity contribution is -0.122. The van der Waals surface area contributed by atoms with Gasteiger partial charge >= 0.3 is 0 Å². The van der Waals surface area contributed by atoms with Gasteiger partial charge in [0.1, 0.15) is 11.1 Å². The lowest BCUT2D eigenvalue weighted by atomic mass is 10.1. The van der Waals surface area contributed by atoms with Crippen molar-refractivity contribution < 1.29 is 27.2 Å². The van der Waals surface area contributed by atoms with Gasteiger partial charge in [-0.3, -0.25) is 9.59 Å². The average Bonchev–Trinajstić information content (AvgIpc) is 2.61. The van der Waals surface area contributed by atoms with E-state index in [2.05, 4.69) is 15.6 Å². The summed E-state index contributed by atoms with van der Waals surface area (Å²) in [4.78, 5) is 28.2. The maximum atomic E-state index is 13.5. The minimum atomic E-state index is -2.79. The quantitative estimate of drug-likeness (QED) is 0.591. The van der Waals surface area contributed by atoms with Gasteiger partial charge in [-0.15, -0.1) is 0 Å². The maximum Gasteiger partial charge on any atom is 0.290 e. The van der Waals surface area contributed by atoms with Gasteiger partial charge in [0.25, 0.3) is 11.7 Å². The van der Waals surface area contributed by atoms with Crippen LogP contribution in [0.2, 0.25) is 0 Å². The van der Waals surface area contributed by atoms with Crippen LogP contribution in [0.5, 0.6) is 0 Å². The fourth-order valence-electron chi connectivity index (χ4n) is 2.09. The highest BCUT2D eigenvalue weighted by atomic mass is 32.2. The second-order valence-corrected chi connectivity index (χ2v) is 5.91. The Morgan fingerprint density at radius 1 is 1.15 bits per heavy atom. The number of amides is 2. The van der Waals surface area contributed by atoms with Gasteiger partial charge in [-0.2, -0.15) is 8.78 Å². The van der Waals surface area contributed by atoms with E-state index >= 15 is 0 Å². The third-order valence-electron chi connectivity index (χ3n) is 3.28. The van der Waals surface area contributed by atoms with Gasteiger partial charge in [-0.05, 0) is 41.6 Å². The molecule has 0 radical (unpaired) electrons. The third kappa shape index (κ3) is 4.72. The minimum Gasteiger partial charge on any atom is -0.357 e. The smallest absolute Gasteiger partial charge is 0.290 e. The fourth-order valence-corrected chi connectivity index (χ4v) is 2.67. The van der Waals surface area contributed by atoms with E-state index in [-0.39, 0.29) is 27.9 Å². The molecule has 10 heteroatoms. The molecule has 0 saturated heterocycles. The van der Waals surface area contributed by atoms with Crippen LogP contribution in [0.25, 0.3) is 0 Å². The standard InChI is InChI=1S/C16H13F4N3O2S/c1-21-14(25)12(8-4-5-10(17)11(18)7-8)23-13(24)9-3-2-6-22-15(9)26-16(19)20/h2-7,12,16H,1H3,(H,21,25)(H,23,24). The number of nitrogens with zero attached hydrogens (tertiary/aromatic N) is 1. The van der Waals surface area contributed by atoms with E-state index in [0.717, 1.165) is 18.2 Å². The number of hydrogen-bond donors (Lipinski definition) is 2. The molecule has 2 N–H and O–H groups in total. The number of halogens is 4. The van der Waals surface area contributed by atoms with Gasteiger partial charge in [0.15, 0.2) is 11.6 Å². The second-order valence-electron chi connectivity index (χ2n) is 4.93. The van der Waals surface area contributed by atoms with E-state index in [1.165, 1.54) is 25.4 Å². The lowest BCUT2D eigenvalue weighted by Crippen LogP contribution is -2.39. The van der Waals surface area contributed by atoms with Gasteiger partial charge < -0.3 is 10.6 Å². The topological polar surface area (TPSA) is 71.1 Å².